The third-order valence-corrected chi connectivity index (χ3v) is 4.94. The Morgan fingerprint density at radius 3 is 1.25 bits per heavy atom. The van der Waals surface area contributed by atoms with E-state index in [0.717, 1.165) is 12.8 Å². The van der Waals surface area contributed by atoms with E-state index in [1.165, 1.54) is 96.3 Å². The van der Waals surface area contributed by atoms with E-state index in [2.05, 4.69) is 6.92 Å². The minimum atomic E-state index is -0.869. The smallest absolute Gasteiger partial charge is 0.320 e. The van der Waals surface area contributed by atoms with Gasteiger partial charge in [0.1, 0.15) is 6.04 Å². The van der Waals surface area contributed by atoms with Crippen molar-refractivity contribution in [3.8, 4) is 0 Å². The van der Waals surface area contributed by atoms with Gasteiger partial charge in [0.15, 0.2) is 0 Å². The van der Waals surface area contributed by atoms with Gasteiger partial charge < -0.3 is 10.8 Å². The molecule has 0 rings (SSSR count). The second-order valence-electron chi connectivity index (χ2n) is 7.39. The van der Waals surface area contributed by atoms with Crippen LogP contribution < -0.4 is 5.73 Å². The van der Waals surface area contributed by atoms with E-state index in [9.17, 15) is 4.79 Å². The van der Waals surface area contributed by atoms with Gasteiger partial charge in [-0.05, 0) is 6.42 Å². The van der Waals surface area contributed by atoms with Crippen LogP contribution in [0.15, 0.2) is 0 Å². The van der Waals surface area contributed by atoms with Gasteiger partial charge >= 0.3 is 5.97 Å². The molecule has 3 heteroatoms. The van der Waals surface area contributed by atoms with Crippen LogP contribution in [-0.2, 0) is 4.79 Å². The quantitative estimate of drug-likeness (QED) is 0.266. The van der Waals surface area contributed by atoms with E-state index in [4.69, 9.17) is 10.8 Å². The Morgan fingerprint density at radius 1 is 0.667 bits per heavy atom. The monoisotopic (exact) mass is 341 g/mol. The van der Waals surface area contributed by atoms with E-state index in [1.54, 1.807) is 0 Å². The van der Waals surface area contributed by atoms with Gasteiger partial charge in [-0.15, -0.1) is 0 Å². The molecular weight excluding hydrogens is 298 g/mol. The Hall–Kier alpha value is -0.570. The van der Waals surface area contributed by atoms with Crippen molar-refractivity contribution in [3.05, 3.63) is 0 Å². The Bertz CT molecular complexity index is 269. The van der Waals surface area contributed by atoms with Crippen LogP contribution >= 0.6 is 0 Å². The Kier molecular flexibility index (Phi) is 18.3. The molecule has 0 aromatic heterocycles. The third kappa shape index (κ3) is 17.8. The first kappa shape index (κ1) is 23.4. The minimum absolute atomic E-state index is 0.619. The number of carboxylic acid groups (broad SMARTS) is 1. The van der Waals surface area contributed by atoms with Crippen LogP contribution in [0.4, 0.5) is 0 Å². The molecule has 3 N–H and O–H groups in total. The van der Waals surface area contributed by atoms with Crippen molar-refractivity contribution in [3.63, 3.8) is 0 Å². The van der Waals surface area contributed by atoms with Crippen LogP contribution in [0.25, 0.3) is 0 Å². The summed E-state index contributed by atoms with van der Waals surface area (Å²) in [5.41, 5.74) is 5.48. The van der Waals surface area contributed by atoms with Gasteiger partial charge in [0, 0.05) is 0 Å². The molecule has 0 fully saturated rings. The fourth-order valence-corrected chi connectivity index (χ4v) is 3.21. The second-order valence-corrected chi connectivity index (χ2v) is 7.39. The average Bonchev–Trinajstić information content (AvgIpc) is 2.57. The maximum Gasteiger partial charge on any atom is 0.320 e. The molecule has 0 spiro atoms. The number of carboxylic acids is 1. The Morgan fingerprint density at radius 2 is 0.958 bits per heavy atom. The molecule has 0 bridgehead atoms. The summed E-state index contributed by atoms with van der Waals surface area (Å²) in [4.78, 5) is 10.6. The van der Waals surface area contributed by atoms with Crippen molar-refractivity contribution in [2.75, 3.05) is 0 Å². The van der Waals surface area contributed by atoms with Gasteiger partial charge in [0.25, 0.3) is 0 Å². The standard InChI is InChI=1S/C21H43NO2/c1-2-3-4-5-6-7-8-9-10-11-12-13-14-15-16-17-18-19-20(22)21(23)24/h20H,2-19,22H2,1H3,(H,23,24). The summed E-state index contributed by atoms with van der Waals surface area (Å²) >= 11 is 0. The fourth-order valence-electron chi connectivity index (χ4n) is 3.21. The highest BCUT2D eigenvalue weighted by molar-refractivity contribution is 5.72. The summed E-state index contributed by atoms with van der Waals surface area (Å²) in [6.45, 7) is 2.28. The largest absolute Gasteiger partial charge is 0.480 e. The van der Waals surface area contributed by atoms with Crippen molar-refractivity contribution in [1.82, 2.24) is 0 Å². The first-order chi connectivity index (χ1) is 11.7. The number of unbranched alkanes of at least 4 members (excludes halogenated alkanes) is 16. The molecule has 0 aliphatic rings. The number of carbonyl (C=O) groups is 1. The predicted molar refractivity (Wildman–Crippen MR) is 104 cm³/mol. The normalized spacial score (nSPS) is 12.4. The van der Waals surface area contributed by atoms with E-state index in [1.807, 2.05) is 0 Å². The highest BCUT2D eigenvalue weighted by Crippen LogP contribution is 2.14. The lowest BCUT2D eigenvalue weighted by molar-refractivity contribution is -0.138. The highest BCUT2D eigenvalue weighted by atomic mass is 16.4. The number of hydrogen-bond donors (Lipinski definition) is 2. The maximum atomic E-state index is 10.6. The van der Waals surface area contributed by atoms with Gasteiger partial charge in [-0.1, -0.05) is 116 Å². The minimum Gasteiger partial charge on any atom is -0.480 e. The first-order valence-corrected chi connectivity index (χ1v) is 10.7. The number of hydrogen-bond acceptors (Lipinski definition) is 2. The van der Waals surface area contributed by atoms with Crippen LogP contribution in [-0.4, -0.2) is 17.1 Å². The fraction of sp³-hybridized carbons (Fsp3) is 0.952. The van der Waals surface area contributed by atoms with E-state index < -0.39 is 12.0 Å². The van der Waals surface area contributed by atoms with Crippen LogP contribution in [0.2, 0.25) is 0 Å². The molecule has 0 saturated heterocycles. The molecule has 0 aliphatic carbocycles. The number of rotatable bonds is 19. The van der Waals surface area contributed by atoms with Crippen molar-refractivity contribution in [2.45, 2.75) is 129 Å². The van der Waals surface area contributed by atoms with Crippen molar-refractivity contribution in [1.29, 1.82) is 0 Å². The van der Waals surface area contributed by atoms with Gasteiger partial charge in [-0.2, -0.15) is 0 Å². The van der Waals surface area contributed by atoms with Crippen molar-refractivity contribution >= 4 is 5.97 Å². The van der Waals surface area contributed by atoms with Crippen molar-refractivity contribution < 1.29 is 9.90 Å². The van der Waals surface area contributed by atoms with Crippen LogP contribution in [0.3, 0.4) is 0 Å². The second kappa shape index (κ2) is 18.8. The van der Waals surface area contributed by atoms with Gasteiger partial charge in [0.05, 0.1) is 0 Å². The third-order valence-electron chi connectivity index (χ3n) is 4.94. The summed E-state index contributed by atoms with van der Waals surface area (Å²) in [7, 11) is 0. The lowest BCUT2D eigenvalue weighted by Gasteiger charge is -2.06. The molecule has 0 heterocycles. The van der Waals surface area contributed by atoms with E-state index >= 15 is 0 Å². The molecular formula is C21H43NO2. The van der Waals surface area contributed by atoms with Gasteiger partial charge in [-0.25, -0.2) is 0 Å². The zero-order chi connectivity index (χ0) is 17.9. The molecule has 3 nitrogen and oxygen atoms in total. The lowest BCUT2D eigenvalue weighted by atomic mass is 10.0. The molecule has 0 aliphatic heterocycles. The number of nitrogens with two attached hydrogens (primary N) is 1. The van der Waals surface area contributed by atoms with Crippen LogP contribution in [0.5, 0.6) is 0 Å². The molecule has 24 heavy (non-hydrogen) atoms. The zero-order valence-corrected chi connectivity index (χ0v) is 16.2. The van der Waals surface area contributed by atoms with Crippen LogP contribution in [0.1, 0.15) is 122 Å². The van der Waals surface area contributed by atoms with Crippen molar-refractivity contribution in [2.24, 2.45) is 5.73 Å². The molecule has 0 radical (unpaired) electrons. The highest BCUT2D eigenvalue weighted by Gasteiger charge is 2.09. The molecule has 1 unspecified atom stereocenters. The van der Waals surface area contributed by atoms with E-state index in [-0.39, 0.29) is 0 Å². The zero-order valence-electron chi connectivity index (χ0n) is 16.2. The molecule has 1 atom stereocenters. The Labute approximate surface area is 150 Å². The van der Waals surface area contributed by atoms with E-state index in [0.29, 0.717) is 6.42 Å². The molecule has 144 valence electrons. The SMILES string of the molecule is CCCCCCCCCCCCCCCCCCCC(N)C(=O)O. The summed E-state index contributed by atoms with van der Waals surface area (Å²) in [6, 6.07) is -0.665. The molecule has 0 aromatic carbocycles. The first-order valence-electron chi connectivity index (χ1n) is 10.7. The summed E-state index contributed by atoms with van der Waals surface area (Å²) < 4.78 is 0. The molecule has 0 aromatic rings. The predicted octanol–water partition coefficient (Wildman–Crippen LogP) is 6.44. The van der Waals surface area contributed by atoms with Crippen LogP contribution in [0, 0.1) is 0 Å². The average molecular weight is 342 g/mol. The molecule has 0 saturated carbocycles. The molecule has 0 amide bonds. The van der Waals surface area contributed by atoms with Gasteiger partial charge in [-0.3, -0.25) is 4.79 Å². The summed E-state index contributed by atoms with van der Waals surface area (Å²) in [5.74, 6) is -0.869. The topological polar surface area (TPSA) is 63.3 Å². The Balaban J connectivity index is 3.04. The van der Waals surface area contributed by atoms with Gasteiger partial charge in [0.2, 0.25) is 0 Å². The summed E-state index contributed by atoms with van der Waals surface area (Å²) in [6.07, 6.45) is 23.5. The number of aliphatic carboxylic acids is 1. The lowest BCUT2D eigenvalue weighted by Crippen LogP contribution is -2.29. The maximum absolute atomic E-state index is 10.6. The summed E-state index contributed by atoms with van der Waals surface area (Å²) in [5, 5.41) is 8.69.